The molecule has 2 amide bonds. The molecule has 27 heavy (non-hydrogen) atoms. The van der Waals surface area contributed by atoms with Gasteiger partial charge in [-0.3, -0.25) is 14.6 Å². The standard InChI is InChI=1S/C18H21N5O4/c1-18(2,23-16(25)10-4-3-5-11(19)6-10)7-14(24)22-13-9-21-8-12(15(13)20)17(26)27/h3-6,8-9H,7,19H2,1-2H3,(H2,20,21)(H,22,24)(H,23,25)(H,26,27). The van der Waals surface area contributed by atoms with Gasteiger partial charge in [0.15, 0.2) is 0 Å². The number of benzene rings is 1. The molecule has 0 fully saturated rings. The number of nitrogen functional groups attached to an aromatic ring is 2. The highest BCUT2D eigenvalue weighted by atomic mass is 16.4. The largest absolute Gasteiger partial charge is 0.478 e. The van der Waals surface area contributed by atoms with Gasteiger partial charge in [0.1, 0.15) is 5.56 Å². The molecule has 0 saturated carbocycles. The molecule has 1 aromatic heterocycles. The Balaban J connectivity index is 2.05. The minimum absolute atomic E-state index is 0.0716. The fraction of sp³-hybridized carbons (Fsp3) is 0.222. The molecule has 9 heteroatoms. The monoisotopic (exact) mass is 371 g/mol. The van der Waals surface area contributed by atoms with Crippen molar-refractivity contribution in [3.8, 4) is 0 Å². The predicted octanol–water partition coefficient (Wildman–Crippen LogP) is 1.48. The summed E-state index contributed by atoms with van der Waals surface area (Å²) in [5.74, 6) is -2.07. The van der Waals surface area contributed by atoms with Gasteiger partial charge in [-0.25, -0.2) is 4.79 Å². The summed E-state index contributed by atoms with van der Waals surface area (Å²) in [5, 5.41) is 14.3. The van der Waals surface area contributed by atoms with Crippen molar-refractivity contribution >= 4 is 34.8 Å². The third-order valence-electron chi connectivity index (χ3n) is 3.70. The molecule has 0 aliphatic carbocycles. The Hall–Kier alpha value is -3.62. The van der Waals surface area contributed by atoms with Crippen LogP contribution in [-0.4, -0.2) is 33.4 Å². The summed E-state index contributed by atoms with van der Waals surface area (Å²) in [5.41, 5.74) is 11.2. The van der Waals surface area contributed by atoms with Crippen LogP contribution in [0.25, 0.3) is 0 Å². The second kappa shape index (κ2) is 7.73. The first-order valence-corrected chi connectivity index (χ1v) is 8.04. The van der Waals surface area contributed by atoms with Crippen molar-refractivity contribution in [1.82, 2.24) is 10.3 Å². The molecular weight excluding hydrogens is 350 g/mol. The first-order valence-electron chi connectivity index (χ1n) is 8.04. The van der Waals surface area contributed by atoms with Gasteiger partial charge in [-0.2, -0.15) is 0 Å². The Labute approximate surface area is 155 Å². The van der Waals surface area contributed by atoms with Crippen molar-refractivity contribution in [2.24, 2.45) is 0 Å². The Morgan fingerprint density at radius 1 is 1.19 bits per heavy atom. The van der Waals surface area contributed by atoms with Crippen LogP contribution in [0.4, 0.5) is 17.1 Å². The number of nitrogens with one attached hydrogen (secondary N) is 2. The molecule has 7 N–H and O–H groups in total. The summed E-state index contributed by atoms with van der Waals surface area (Å²) in [6.45, 7) is 3.37. The maximum absolute atomic E-state index is 12.3. The number of pyridine rings is 1. The highest BCUT2D eigenvalue weighted by Gasteiger charge is 2.25. The van der Waals surface area contributed by atoms with Crippen LogP contribution in [0.3, 0.4) is 0 Å². The number of anilines is 3. The van der Waals surface area contributed by atoms with Crippen molar-refractivity contribution in [1.29, 1.82) is 0 Å². The highest BCUT2D eigenvalue weighted by Crippen LogP contribution is 2.22. The van der Waals surface area contributed by atoms with Gasteiger partial charge in [0.05, 0.1) is 17.6 Å². The Morgan fingerprint density at radius 2 is 1.89 bits per heavy atom. The molecule has 2 aromatic rings. The normalized spacial score (nSPS) is 10.9. The molecule has 1 heterocycles. The second-order valence-corrected chi connectivity index (χ2v) is 6.64. The average molecular weight is 371 g/mol. The molecule has 142 valence electrons. The van der Waals surface area contributed by atoms with Gasteiger partial charge in [-0.1, -0.05) is 6.07 Å². The molecule has 0 spiro atoms. The van der Waals surface area contributed by atoms with Crippen molar-refractivity contribution in [2.75, 3.05) is 16.8 Å². The van der Waals surface area contributed by atoms with Gasteiger partial charge in [0.2, 0.25) is 5.91 Å². The number of carbonyl (C=O) groups is 3. The van der Waals surface area contributed by atoms with Crippen molar-refractivity contribution in [3.05, 3.63) is 47.8 Å². The number of carboxylic acid groups (broad SMARTS) is 1. The van der Waals surface area contributed by atoms with E-state index in [1.165, 1.54) is 12.3 Å². The van der Waals surface area contributed by atoms with E-state index in [0.717, 1.165) is 6.20 Å². The fourth-order valence-corrected chi connectivity index (χ4v) is 2.44. The van der Waals surface area contributed by atoms with E-state index < -0.39 is 17.4 Å². The van der Waals surface area contributed by atoms with Gasteiger partial charge in [0.25, 0.3) is 5.91 Å². The number of hydrogen-bond donors (Lipinski definition) is 5. The molecule has 0 unspecified atom stereocenters. The summed E-state index contributed by atoms with van der Waals surface area (Å²) in [4.78, 5) is 39.5. The topological polar surface area (TPSA) is 160 Å². The van der Waals surface area contributed by atoms with Crippen LogP contribution in [0, 0.1) is 0 Å². The minimum atomic E-state index is -1.24. The van der Waals surface area contributed by atoms with E-state index in [0.29, 0.717) is 11.3 Å². The summed E-state index contributed by atoms with van der Waals surface area (Å²) in [6, 6.07) is 6.48. The van der Waals surface area contributed by atoms with Crippen LogP contribution >= 0.6 is 0 Å². The first-order chi connectivity index (χ1) is 12.6. The van der Waals surface area contributed by atoms with E-state index in [1.807, 2.05) is 0 Å². The Morgan fingerprint density at radius 3 is 2.52 bits per heavy atom. The molecule has 0 aliphatic rings. The number of nitrogens with zero attached hydrogens (tertiary/aromatic N) is 1. The predicted molar refractivity (Wildman–Crippen MR) is 101 cm³/mol. The number of aromatic nitrogens is 1. The van der Waals surface area contributed by atoms with Crippen LogP contribution in [0.2, 0.25) is 0 Å². The van der Waals surface area contributed by atoms with Crippen molar-refractivity contribution in [3.63, 3.8) is 0 Å². The van der Waals surface area contributed by atoms with Gasteiger partial charge in [-0.05, 0) is 32.0 Å². The van der Waals surface area contributed by atoms with Crippen molar-refractivity contribution < 1.29 is 19.5 Å². The van der Waals surface area contributed by atoms with E-state index in [4.69, 9.17) is 16.6 Å². The summed E-state index contributed by atoms with van der Waals surface area (Å²) in [6.07, 6.45) is 2.29. The van der Waals surface area contributed by atoms with Crippen LogP contribution in [-0.2, 0) is 4.79 Å². The molecule has 0 aliphatic heterocycles. The molecule has 0 radical (unpaired) electrons. The van der Waals surface area contributed by atoms with E-state index in [-0.39, 0.29) is 29.3 Å². The van der Waals surface area contributed by atoms with Crippen LogP contribution in [0.15, 0.2) is 36.7 Å². The lowest BCUT2D eigenvalue weighted by atomic mass is 9.99. The van der Waals surface area contributed by atoms with Crippen LogP contribution in [0.5, 0.6) is 0 Å². The zero-order valence-corrected chi connectivity index (χ0v) is 14.9. The Bertz CT molecular complexity index is 895. The quantitative estimate of drug-likeness (QED) is 0.481. The van der Waals surface area contributed by atoms with Gasteiger partial charge < -0.3 is 27.2 Å². The number of carboxylic acids is 1. The van der Waals surface area contributed by atoms with Gasteiger partial charge in [0, 0.05) is 29.4 Å². The fourth-order valence-electron chi connectivity index (χ4n) is 2.44. The third kappa shape index (κ3) is 5.18. The average Bonchev–Trinajstić information content (AvgIpc) is 2.55. The maximum Gasteiger partial charge on any atom is 0.339 e. The van der Waals surface area contributed by atoms with Crippen LogP contribution < -0.4 is 22.1 Å². The van der Waals surface area contributed by atoms with E-state index >= 15 is 0 Å². The maximum atomic E-state index is 12.3. The van der Waals surface area contributed by atoms with Crippen molar-refractivity contribution in [2.45, 2.75) is 25.8 Å². The minimum Gasteiger partial charge on any atom is -0.478 e. The number of amides is 2. The smallest absolute Gasteiger partial charge is 0.339 e. The first kappa shape index (κ1) is 19.7. The third-order valence-corrected chi connectivity index (χ3v) is 3.70. The molecular formula is C18H21N5O4. The molecule has 0 atom stereocenters. The lowest BCUT2D eigenvalue weighted by Crippen LogP contribution is -2.45. The lowest BCUT2D eigenvalue weighted by Gasteiger charge is -2.26. The molecule has 9 nitrogen and oxygen atoms in total. The number of nitrogens with two attached hydrogens (primary N) is 2. The van der Waals surface area contributed by atoms with Crippen LogP contribution in [0.1, 0.15) is 41.0 Å². The molecule has 0 bridgehead atoms. The number of rotatable bonds is 6. The number of carbonyl (C=O) groups excluding carboxylic acids is 2. The highest BCUT2D eigenvalue weighted by molar-refractivity contribution is 6.01. The summed E-state index contributed by atoms with van der Waals surface area (Å²) >= 11 is 0. The van der Waals surface area contributed by atoms with Gasteiger partial charge >= 0.3 is 5.97 Å². The molecule has 1 aromatic carbocycles. The van der Waals surface area contributed by atoms with E-state index in [1.54, 1.807) is 32.0 Å². The summed E-state index contributed by atoms with van der Waals surface area (Å²) in [7, 11) is 0. The Kier molecular flexibility index (Phi) is 5.64. The lowest BCUT2D eigenvalue weighted by molar-refractivity contribution is -0.117. The van der Waals surface area contributed by atoms with E-state index in [2.05, 4.69) is 15.6 Å². The zero-order chi connectivity index (χ0) is 20.2. The number of aromatic carboxylic acids is 1. The molecule has 2 rings (SSSR count). The second-order valence-electron chi connectivity index (χ2n) is 6.64. The zero-order valence-electron chi connectivity index (χ0n) is 14.9. The van der Waals surface area contributed by atoms with Gasteiger partial charge in [-0.15, -0.1) is 0 Å². The van der Waals surface area contributed by atoms with E-state index in [9.17, 15) is 14.4 Å². The SMILES string of the molecule is CC(C)(CC(=O)Nc1cncc(C(=O)O)c1N)NC(=O)c1cccc(N)c1. The number of hydrogen-bond acceptors (Lipinski definition) is 6. The summed E-state index contributed by atoms with van der Waals surface area (Å²) < 4.78 is 0. The molecule has 0 saturated heterocycles.